The predicted molar refractivity (Wildman–Crippen MR) is 142 cm³/mol. The zero-order valence-electron chi connectivity index (χ0n) is 17.0. The Bertz CT molecular complexity index is 1440. The third-order valence-corrected chi connectivity index (χ3v) is 8.41. The molecule has 0 fully saturated rings. The normalized spacial score (nSPS) is 15.1. The quantitative estimate of drug-likeness (QED) is 0.268. The highest BCUT2D eigenvalue weighted by Gasteiger charge is 2.14. The maximum absolute atomic E-state index is 4.76. The summed E-state index contributed by atoms with van der Waals surface area (Å²) < 4.78 is 2.51. The maximum atomic E-state index is 4.76. The molecule has 0 amide bonds. The first kappa shape index (κ1) is 19.6. The summed E-state index contributed by atoms with van der Waals surface area (Å²) in [4.78, 5) is 7.28. The summed E-state index contributed by atoms with van der Waals surface area (Å²) in [6.45, 7) is 0. The first-order valence-electron chi connectivity index (χ1n) is 10.3. The molecule has 0 saturated heterocycles. The number of nitrogens with one attached hydrogen (secondary N) is 1. The lowest BCUT2D eigenvalue weighted by atomic mass is 10.1. The fourth-order valence-electron chi connectivity index (χ4n) is 3.64. The van der Waals surface area contributed by atoms with E-state index in [0.717, 1.165) is 15.6 Å². The summed E-state index contributed by atoms with van der Waals surface area (Å²) in [6, 6.07) is 27.5. The first-order valence-corrected chi connectivity index (χ1v) is 12.8. The number of anilines is 1. The highest BCUT2D eigenvalue weighted by molar-refractivity contribution is 8.03. The summed E-state index contributed by atoms with van der Waals surface area (Å²) >= 11 is 5.31. The van der Waals surface area contributed by atoms with Gasteiger partial charge >= 0.3 is 0 Å². The minimum atomic E-state index is 1.02. The molecular formula is C27H18N2S3. The van der Waals surface area contributed by atoms with Crippen LogP contribution in [0.5, 0.6) is 0 Å². The van der Waals surface area contributed by atoms with Crippen molar-refractivity contribution >= 4 is 72.1 Å². The molecule has 1 N–H and O–H groups in total. The molecule has 0 aliphatic carbocycles. The maximum Gasteiger partial charge on any atom is 0.117 e. The van der Waals surface area contributed by atoms with Crippen LogP contribution in [0.25, 0.3) is 32.0 Å². The van der Waals surface area contributed by atoms with E-state index in [1.807, 2.05) is 17.4 Å². The van der Waals surface area contributed by atoms with Gasteiger partial charge in [-0.1, -0.05) is 66.4 Å². The molecular weight excluding hydrogens is 449 g/mol. The number of nitrogens with zero attached hydrogens (tertiary/aromatic N) is 1. The van der Waals surface area contributed by atoms with E-state index < -0.39 is 0 Å². The zero-order chi connectivity index (χ0) is 21.3. The van der Waals surface area contributed by atoms with Crippen LogP contribution in [0.1, 0.15) is 9.88 Å². The molecule has 0 spiro atoms. The molecule has 32 heavy (non-hydrogen) atoms. The van der Waals surface area contributed by atoms with Gasteiger partial charge < -0.3 is 5.32 Å². The second kappa shape index (κ2) is 8.43. The van der Waals surface area contributed by atoms with Gasteiger partial charge in [0.2, 0.25) is 0 Å². The monoisotopic (exact) mass is 466 g/mol. The van der Waals surface area contributed by atoms with Gasteiger partial charge in [-0.15, -0.1) is 22.7 Å². The molecule has 2 aromatic heterocycles. The van der Waals surface area contributed by atoms with Crippen molar-refractivity contribution in [1.29, 1.82) is 0 Å². The van der Waals surface area contributed by atoms with Gasteiger partial charge in [0, 0.05) is 14.5 Å². The number of thioether (sulfide) groups is 1. The average Bonchev–Trinajstić information content (AvgIpc) is 3.54. The van der Waals surface area contributed by atoms with Crippen LogP contribution in [0.4, 0.5) is 5.69 Å². The lowest BCUT2D eigenvalue weighted by Gasteiger charge is -1.99. The Kier molecular flexibility index (Phi) is 5.15. The van der Waals surface area contributed by atoms with E-state index in [1.54, 1.807) is 23.1 Å². The molecule has 0 saturated carbocycles. The van der Waals surface area contributed by atoms with Crippen LogP contribution >= 0.6 is 34.4 Å². The largest absolute Gasteiger partial charge is 0.349 e. The van der Waals surface area contributed by atoms with Gasteiger partial charge in [-0.05, 0) is 59.5 Å². The van der Waals surface area contributed by atoms with Crippen molar-refractivity contribution in [1.82, 2.24) is 4.98 Å². The Labute approximate surface area is 198 Å². The minimum absolute atomic E-state index is 1.02. The number of thiazole rings is 1. The molecule has 0 unspecified atom stereocenters. The van der Waals surface area contributed by atoms with Crippen molar-refractivity contribution in [2.45, 2.75) is 4.90 Å². The first-order chi connectivity index (χ1) is 15.8. The number of thiophene rings is 1. The van der Waals surface area contributed by atoms with Crippen LogP contribution in [0.3, 0.4) is 0 Å². The molecule has 6 rings (SSSR count). The highest BCUT2D eigenvalue weighted by Crippen LogP contribution is 2.41. The lowest BCUT2D eigenvalue weighted by molar-refractivity contribution is 1.46. The summed E-state index contributed by atoms with van der Waals surface area (Å²) in [7, 11) is 0. The van der Waals surface area contributed by atoms with Crippen molar-refractivity contribution in [2.24, 2.45) is 0 Å². The van der Waals surface area contributed by atoms with Gasteiger partial charge in [0.25, 0.3) is 0 Å². The van der Waals surface area contributed by atoms with Crippen LogP contribution in [0.15, 0.2) is 107 Å². The Hall–Kier alpha value is -3.12. The van der Waals surface area contributed by atoms with Crippen molar-refractivity contribution in [3.63, 3.8) is 0 Å². The molecule has 3 aromatic carbocycles. The van der Waals surface area contributed by atoms with E-state index >= 15 is 0 Å². The minimum Gasteiger partial charge on any atom is -0.349 e. The smallest absolute Gasteiger partial charge is 0.117 e. The number of aromatic nitrogens is 1. The average molecular weight is 467 g/mol. The molecule has 0 atom stereocenters. The van der Waals surface area contributed by atoms with E-state index in [-0.39, 0.29) is 0 Å². The number of para-hydroxylation sites is 2. The van der Waals surface area contributed by atoms with Crippen molar-refractivity contribution in [3.05, 3.63) is 112 Å². The standard InChI is InChI=1S/C27H18N2S3/c1-4-10-22-19(7-1)17-25(30-22)18(13-15-26-28-20-8-2-5-11-23(20)31-26)14-16-27-29-21-9-3-6-12-24(21)32-27/h1-17,28H/b16-14+,18-13-,26-15-. The topological polar surface area (TPSA) is 24.9 Å². The van der Waals surface area contributed by atoms with Gasteiger partial charge in [-0.2, -0.15) is 0 Å². The number of rotatable bonds is 4. The van der Waals surface area contributed by atoms with Crippen LogP contribution in [-0.2, 0) is 0 Å². The summed E-state index contributed by atoms with van der Waals surface area (Å²) in [6.07, 6.45) is 8.69. The molecule has 2 nitrogen and oxygen atoms in total. The van der Waals surface area contributed by atoms with E-state index in [4.69, 9.17) is 4.98 Å². The SMILES string of the molecule is C(/C=C(/C=C/c1nc2ccccc2s1)c1cc2ccccc2s1)=C1\Nc2ccccc2S1. The Morgan fingerprint density at radius 2 is 1.66 bits per heavy atom. The molecule has 0 bridgehead atoms. The van der Waals surface area contributed by atoms with Gasteiger partial charge in [-0.25, -0.2) is 4.98 Å². The van der Waals surface area contributed by atoms with Crippen LogP contribution in [-0.4, -0.2) is 4.98 Å². The van der Waals surface area contributed by atoms with Crippen molar-refractivity contribution < 1.29 is 0 Å². The van der Waals surface area contributed by atoms with Gasteiger partial charge in [0.05, 0.1) is 20.9 Å². The lowest BCUT2D eigenvalue weighted by Crippen LogP contribution is -1.87. The molecule has 1 aliphatic heterocycles. The number of hydrogen-bond acceptors (Lipinski definition) is 5. The van der Waals surface area contributed by atoms with Gasteiger partial charge in [0.15, 0.2) is 0 Å². The third-order valence-electron chi connectivity index (χ3n) is 5.21. The highest BCUT2D eigenvalue weighted by atomic mass is 32.2. The second-order valence-electron chi connectivity index (χ2n) is 7.38. The number of hydrogen-bond donors (Lipinski definition) is 1. The molecule has 0 radical (unpaired) electrons. The van der Waals surface area contributed by atoms with Crippen molar-refractivity contribution in [2.75, 3.05) is 5.32 Å². The second-order valence-corrected chi connectivity index (χ2v) is 10.6. The number of benzene rings is 3. The fraction of sp³-hybridized carbons (Fsp3) is 0. The van der Waals surface area contributed by atoms with E-state index in [1.165, 1.54) is 35.8 Å². The van der Waals surface area contributed by atoms with Crippen LogP contribution < -0.4 is 5.32 Å². The Balaban J connectivity index is 1.37. The van der Waals surface area contributed by atoms with E-state index in [9.17, 15) is 0 Å². The van der Waals surface area contributed by atoms with E-state index in [0.29, 0.717) is 0 Å². The third kappa shape index (κ3) is 3.91. The summed E-state index contributed by atoms with van der Waals surface area (Å²) in [5.41, 5.74) is 3.40. The number of fused-ring (bicyclic) bond motifs is 3. The van der Waals surface area contributed by atoms with Crippen LogP contribution in [0.2, 0.25) is 0 Å². The summed E-state index contributed by atoms with van der Waals surface area (Å²) in [5, 5.41) is 6.94. The van der Waals surface area contributed by atoms with Gasteiger partial charge in [0.1, 0.15) is 5.01 Å². The Morgan fingerprint density at radius 1 is 0.844 bits per heavy atom. The summed E-state index contributed by atoms with van der Waals surface area (Å²) in [5.74, 6) is 0. The molecule has 5 heteroatoms. The molecule has 154 valence electrons. The molecule has 5 aromatic rings. The number of allylic oxidation sites excluding steroid dienone is 4. The molecule has 1 aliphatic rings. The van der Waals surface area contributed by atoms with Gasteiger partial charge in [-0.3, -0.25) is 0 Å². The van der Waals surface area contributed by atoms with Crippen molar-refractivity contribution in [3.8, 4) is 0 Å². The predicted octanol–water partition coefficient (Wildman–Crippen LogP) is 8.67. The zero-order valence-corrected chi connectivity index (χ0v) is 19.4. The van der Waals surface area contributed by atoms with Crippen LogP contribution in [0, 0.1) is 0 Å². The van der Waals surface area contributed by atoms with E-state index in [2.05, 4.69) is 102 Å². The fourth-order valence-corrected chi connectivity index (χ4v) is 6.49. The molecule has 3 heterocycles. The Morgan fingerprint density at radius 3 is 2.53 bits per heavy atom.